The summed E-state index contributed by atoms with van der Waals surface area (Å²) in [5, 5.41) is 3.57. The van der Waals surface area contributed by atoms with E-state index >= 15 is 0 Å². The number of nitrogens with one attached hydrogen (secondary N) is 1. The number of anilines is 1. The third-order valence-corrected chi connectivity index (χ3v) is 4.69. The van der Waals surface area contributed by atoms with Crippen LogP contribution in [-0.4, -0.2) is 49.3 Å². The van der Waals surface area contributed by atoms with Gasteiger partial charge in [0.1, 0.15) is 6.10 Å². The van der Waals surface area contributed by atoms with E-state index in [1.165, 1.54) is 0 Å². The molecule has 2 heterocycles. The fourth-order valence-corrected chi connectivity index (χ4v) is 3.21. The number of hydrogen-bond acceptors (Lipinski definition) is 4. The molecule has 0 spiro atoms. The molecule has 2 fully saturated rings. The van der Waals surface area contributed by atoms with E-state index in [0.717, 1.165) is 51.3 Å². The minimum absolute atomic E-state index is 0.0913. The van der Waals surface area contributed by atoms with Gasteiger partial charge in [0, 0.05) is 30.3 Å². The summed E-state index contributed by atoms with van der Waals surface area (Å²) in [6.07, 6.45) is 1.51. The van der Waals surface area contributed by atoms with Gasteiger partial charge < -0.3 is 14.8 Å². The highest BCUT2D eigenvalue weighted by Gasteiger charge is 2.28. The summed E-state index contributed by atoms with van der Waals surface area (Å²) in [4.78, 5) is 14.5. The molecule has 2 aliphatic rings. The van der Waals surface area contributed by atoms with Gasteiger partial charge in [0.2, 0.25) is 0 Å². The number of amides is 1. The molecular weight excluding hydrogens is 316 g/mol. The molecule has 1 aromatic rings. The summed E-state index contributed by atoms with van der Waals surface area (Å²) in [6, 6.07) is 5.69. The summed E-state index contributed by atoms with van der Waals surface area (Å²) in [6.45, 7) is 6.18. The second-order valence-electron chi connectivity index (χ2n) is 6.20. The molecule has 1 N–H and O–H groups in total. The average molecular weight is 339 g/mol. The van der Waals surface area contributed by atoms with E-state index < -0.39 is 0 Å². The molecule has 23 heavy (non-hydrogen) atoms. The molecule has 3 rings (SSSR count). The maximum atomic E-state index is 12.2. The van der Waals surface area contributed by atoms with Gasteiger partial charge in [0.25, 0.3) is 5.91 Å². The number of hydrogen-bond donors (Lipinski definition) is 1. The molecule has 5 nitrogen and oxygen atoms in total. The van der Waals surface area contributed by atoms with Crippen LogP contribution in [0.25, 0.3) is 0 Å². The van der Waals surface area contributed by atoms with Crippen LogP contribution in [-0.2, 0) is 20.8 Å². The summed E-state index contributed by atoms with van der Waals surface area (Å²) < 4.78 is 10.9. The first-order valence-electron chi connectivity index (χ1n) is 8.16. The van der Waals surface area contributed by atoms with Crippen molar-refractivity contribution < 1.29 is 14.3 Å². The van der Waals surface area contributed by atoms with Gasteiger partial charge >= 0.3 is 0 Å². The number of halogens is 1. The quantitative estimate of drug-likeness (QED) is 0.917. The highest BCUT2D eigenvalue weighted by Crippen LogP contribution is 2.24. The molecule has 2 saturated heterocycles. The molecule has 6 heteroatoms. The number of rotatable bonds is 4. The Kier molecular flexibility index (Phi) is 5.54. The van der Waals surface area contributed by atoms with E-state index in [9.17, 15) is 4.79 Å². The Morgan fingerprint density at radius 3 is 2.78 bits per heavy atom. The number of ether oxygens (including phenoxy) is 2. The lowest BCUT2D eigenvalue weighted by Crippen LogP contribution is -2.35. The van der Waals surface area contributed by atoms with Crippen LogP contribution in [0.2, 0.25) is 5.02 Å². The largest absolute Gasteiger partial charge is 0.379 e. The van der Waals surface area contributed by atoms with Crippen LogP contribution < -0.4 is 5.32 Å². The van der Waals surface area contributed by atoms with Crippen LogP contribution in [0.4, 0.5) is 5.69 Å². The zero-order valence-electron chi connectivity index (χ0n) is 13.4. The van der Waals surface area contributed by atoms with E-state index in [1.54, 1.807) is 0 Å². The van der Waals surface area contributed by atoms with Crippen molar-refractivity contribution in [1.82, 2.24) is 4.90 Å². The maximum Gasteiger partial charge on any atom is 0.253 e. The van der Waals surface area contributed by atoms with Gasteiger partial charge in [-0.1, -0.05) is 17.7 Å². The fraction of sp³-hybridized carbons (Fsp3) is 0.588. The lowest BCUT2D eigenvalue weighted by molar-refractivity contribution is -0.126. The predicted molar refractivity (Wildman–Crippen MR) is 89.7 cm³/mol. The first-order chi connectivity index (χ1) is 11.1. The van der Waals surface area contributed by atoms with Crippen molar-refractivity contribution in [3.8, 4) is 0 Å². The molecule has 0 bridgehead atoms. The molecule has 0 aromatic heterocycles. The smallest absolute Gasteiger partial charge is 0.253 e. The Morgan fingerprint density at radius 2 is 2.13 bits per heavy atom. The van der Waals surface area contributed by atoms with Gasteiger partial charge in [-0.15, -0.1) is 0 Å². The van der Waals surface area contributed by atoms with Crippen LogP contribution >= 0.6 is 11.6 Å². The number of carbonyl (C=O) groups is 1. The predicted octanol–water partition coefficient (Wildman–Crippen LogP) is 2.68. The van der Waals surface area contributed by atoms with Crippen LogP contribution in [0.15, 0.2) is 18.2 Å². The molecule has 0 aliphatic carbocycles. The van der Waals surface area contributed by atoms with Crippen molar-refractivity contribution in [3.05, 3.63) is 28.8 Å². The Morgan fingerprint density at radius 1 is 1.35 bits per heavy atom. The highest BCUT2D eigenvalue weighted by molar-refractivity contribution is 6.31. The Labute approximate surface area is 141 Å². The molecule has 0 radical (unpaired) electrons. The number of benzene rings is 1. The Bertz CT molecular complexity index is 561. The minimum Gasteiger partial charge on any atom is -0.379 e. The molecule has 2 aliphatic heterocycles. The minimum atomic E-state index is -0.350. The standard InChI is InChI=1S/C17H23ClN2O3/c1-12-2-5-16(23-12)17(21)19-14-4-3-13(15(18)10-14)11-20-6-8-22-9-7-20/h3-4,10,12,16H,2,5-9,11H2,1H3,(H,19,21)/t12-,16+/m0/s1. The van der Waals surface area contributed by atoms with Gasteiger partial charge in [-0.2, -0.15) is 0 Å². The molecule has 0 unspecified atom stereocenters. The number of morpholine rings is 1. The van der Waals surface area contributed by atoms with Crippen LogP contribution in [0.3, 0.4) is 0 Å². The van der Waals surface area contributed by atoms with E-state index in [-0.39, 0.29) is 18.1 Å². The summed E-state index contributed by atoms with van der Waals surface area (Å²) >= 11 is 6.37. The Hall–Kier alpha value is -1.14. The number of nitrogens with zero attached hydrogens (tertiary/aromatic N) is 1. The summed E-state index contributed by atoms with van der Waals surface area (Å²) in [5.74, 6) is -0.0913. The molecule has 0 saturated carbocycles. The second kappa shape index (κ2) is 7.62. The van der Waals surface area contributed by atoms with Crippen molar-refractivity contribution in [3.63, 3.8) is 0 Å². The van der Waals surface area contributed by atoms with Gasteiger partial charge in [-0.05, 0) is 37.5 Å². The van der Waals surface area contributed by atoms with E-state index in [1.807, 2.05) is 25.1 Å². The monoisotopic (exact) mass is 338 g/mol. The SMILES string of the molecule is C[C@H]1CC[C@H](C(=O)Nc2ccc(CN3CCOCC3)c(Cl)c2)O1. The first-order valence-corrected chi connectivity index (χ1v) is 8.54. The third kappa shape index (κ3) is 4.44. The molecule has 1 amide bonds. The third-order valence-electron chi connectivity index (χ3n) is 4.34. The van der Waals surface area contributed by atoms with Crippen molar-refractivity contribution in [2.24, 2.45) is 0 Å². The van der Waals surface area contributed by atoms with Gasteiger partial charge in [0.15, 0.2) is 0 Å². The van der Waals surface area contributed by atoms with Crippen LogP contribution in [0, 0.1) is 0 Å². The molecule has 1 aromatic carbocycles. The van der Waals surface area contributed by atoms with Gasteiger partial charge in [-0.25, -0.2) is 0 Å². The lowest BCUT2D eigenvalue weighted by atomic mass is 10.1. The molecule has 2 atom stereocenters. The normalized spacial score (nSPS) is 25.5. The summed E-state index contributed by atoms with van der Waals surface area (Å²) in [7, 11) is 0. The lowest BCUT2D eigenvalue weighted by Gasteiger charge is -2.27. The van der Waals surface area contributed by atoms with E-state index in [0.29, 0.717) is 10.7 Å². The maximum absolute atomic E-state index is 12.2. The van der Waals surface area contributed by atoms with E-state index in [2.05, 4.69) is 10.2 Å². The molecular formula is C17H23ClN2O3. The van der Waals surface area contributed by atoms with Crippen molar-refractivity contribution in [1.29, 1.82) is 0 Å². The Balaban J connectivity index is 1.58. The van der Waals surface area contributed by atoms with Crippen molar-refractivity contribution in [2.45, 2.75) is 38.5 Å². The van der Waals surface area contributed by atoms with Crippen molar-refractivity contribution in [2.75, 3.05) is 31.6 Å². The zero-order valence-corrected chi connectivity index (χ0v) is 14.1. The summed E-state index contributed by atoms with van der Waals surface area (Å²) in [5.41, 5.74) is 1.78. The van der Waals surface area contributed by atoms with Crippen LogP contribution in [0.5, 0.6) is 0 Å². The van der Waals surface area contributed by atoms with Gasteiger partial charge in [-0.3, -0.25) is 9.69 Å². The molecule has 126 valence electrons. The fourth-order valence-electron chi connectivity index (χ4n) is 2.97. The second-order valence-corrected chi connectivity index (χ2v) is 6.60. The van der Waals surface area contributed by atoms with Crippen molar-refractivity contribution >= 4 is 23.2 Å². The number of carbonyl (C=O) groups excluding carboxylic acids is 1. The zero-order chi connectivity index (χ0) is 16.2. The first kappa shape index (κ1) is 16.7. The highest BCUT2D eigenvalue weighted by atomic mass is 35.5. The van der Waals surface area contributed by atoms with Gasteiger partial charge in [0.05, 0.1) is 19.3 Å². The van der Waals surface area contributed by atoms with E-state index in [4.69, 9.17) is 21.1 Å². The topological polar surface area (TPSA) is 50.8 Å². The average Bonchev–Trinajstić information content (AvgIpc) is 2.98. The van der Waals surface area contributed by atoms with Crippen LogP contribution in [0.1, 0.15) is 25.3 Å².